The summed E-state index contributed by atoms with van der Waals surface area (Å²) in [5.41, 5.74) is 0.794. The zero-order valence-electron chi connectivity index (χ0n) is 12.0. The van der Waals surface area contributed by atoms with E-state index in [1.54, 1.807) is 9.80 Å². The van der Waals surface area contributed by atoms with E-state index in [4.69, 9.17) is 5.11 Å². The first-order valence-electron chi connectivity index (χ1n) is 7.03. The van der Waals surface area contributed by atoms with Gasteiger partial charge in [-0.3, -0.25) is 9.59 Å². The second-order valence-electron chi connectivity index (χ2n) is 5.00. The first-order chi connectivity index (χ1) is 10.1. The number of carbonyl (C=O) groups excluding carboxylic acids is 2. The number of aliphatic hydroxyl groups excluding tert-OH is 1. The van der Waals surface area contributed by atoms with Crippen LogP contribution in [0.3, 0.4) is 0 Å². The fourth-order valence-electron chi connectivity index (χ4n) is 2.58. The van der Waals surface area contributed by atoms with E-state index in [9.17, 15) is 9.59 Å². The Morgan fingerprint density at radius 3 is 2.81 bits per heavy atom. The Kier molecular flexibility index (Phi) is 5.36. The Balaban J connectivity index is 2.12. The molecule has 1 aliphatic heterocycles. The van der Waals surface area contributed by atoms with Crippen LogP contribution < -0.4 is 4.90 Å². The number of rotatable bonds is 5. The van der Waals surface area contributed by atoms with Crippen molar-refractivity contribution in [3.05, 3.63) is 28.7 Å². The molecule has 1 heterocycles. The molecule has 0 bridgehead atoms. The van der Waals surface area contributed by atoms with Crippen molar-refractivity contribution in [3.8, 4) is 0 Å². The molecule has 1 saturated heterocycles. The Bertz CT molecular complexity index is 535. The van der Waals surface area contributed by atoms with Crippen molar-refractivity contribution in [1.82, 2.24) is 4.90 Å². The van der Waals surface area contributed by atoms with Crippen molar-refractivity contribution in [1.29, 1.82) is 0 Å². The van der Waals surface area contributed by atoms with Gasteiger partial charge in [-0.2, -0.15) is 0 Å². The molecule has 5 nitrogen and oxygen atoms in total. The monoisotopic (exact) mass is 354 g/mol. The number of amides is 2. The minimum absolute atomic E-state index is 0.0414. The normalized spacial score (nSPS) is 18.1. The van der Waals surface area contributed by atoms with Crippen LogP contribution in [-0.2, 0) is 9.59 Å². The van der Waals surface area contributed by atoms with Crippen molar-refractivity contribution in [2.75, 3.05) is 31.1 Å². The molecule has 0 saturated carbocycles. The molecule has 0 aliphatic carbocycles. The van der Waals surface area contributed by atoms with E-state index in [2.05, 4.69) is 15.9 Å². The number of anilines is 1. The Labute approximate surface area is 132 Å². The number of likely N-dealkylation sites (N-methyl/N-ethyl adjacent to an activating group) is 1. The van der Waals surface area contributed by atoms with Gasteiger partial charge in [0.15, 0.2) is 0 Å². The van der Waals surface area contributed by atoms with E-state index in [1.165, 1.54) is 0 Å². The predicted octanol–water partition coefficient (Wildman–Crippen LogP) is 1.64. The molecule has 1 N–H and O–H groups in total. The van der Waals surface area contributed by atoms with Crippen molar-refractivity contribution in [2.45, 2.75) is 13.3 Å². The summed E-state index contributed by atoms with van der Waals surface area (Å²) >= 11 is 3.44. The van der Waals surface area contributed by atoms with Gasteiger partial charge in [-0.1, -0.05) is 12.1 Å². The third-order valence-corrected chi connectivity index (χ3v) is 4.35. The minimum Gasteiger partial charge on any atom is -0.395 e. The number of halogens is 1. The topological polar surface area (TPSA) is 60.9 Å². The van der Waals surface area contributed by atoms with E-state index in [-0.39, 0.29) is 30.8 Å². The van der Waals surface area contributed by atoms with Gasteiger partial charge >= 0.3 is 0 Å². The van der Waals surface area contributed by atoms with Gasteiger partial charge in [0.05, 0.1) is 18.2 Å². The van der Waals surface area contributed by atoms with Gasteiger partial charge in [0, 0.05) is 30.5 Å². The lowest BCUT2D eigenvalue weighted by Gasteiger charge is -2.23. The Hall–Kier alpha value is -1.40. The molecule has 1 aliphatic rings. The number of para-hydroxylation sites is 1. The first kappa shape index (κ1) is 16.0. The van der Waals surface area contributed by atoms with Crippen molar-refractivity contribution in [2.24, 2.45) is 5.92 Å². The molecule has 0 aromatic heterocycles. The maximum Gasteiger partial charge on any atom is 0.228 e. The minimum atomic E-state index is -0.337. The fourth-order valence-corrected chi connectivity index (χ4v) is 3.08. The fraction of sp³-hybridized carbons (Fsp3) is 0.467. The van der Waals surface area contributed by atoms with Crippen LogP contribution in [0.4, 0.5) is 5.69 Å². The molecule has 2 amide bonds. The van der Waals surface area contributed by atoms with Gasteiger partial charge in [0.1, 0.15) is 0 Å². The highest BCUT2D eigenvalue weighted by Crippen LogP contribution is 2.31. The number of carbonyl (C=O) groups is 2. The van der Waals surface area contributed by atoms with Crippen LogP contribution in [0.5, 0.6) is 0 Å². The van der Waals surface area contributed by atoms with Gasteiger partial charge in [-0.25, -0.2) is 0 Å². The molecule has 2 rings (SSSR count). The molecule has 1 aromatic carbocycles. The molecule has 114 valence electrons. The highest BCUT2D eigenvalue weighted by Gasteiger charge is 2.37. The molecule has 0 radical (unpaired) electrons. The van der Waals surface area contributed by atoms with Crippen LogP contribution in [-0.4, -0.2) is 48.1 Å². The summed E-state index contributed by atoms with van der Waals surface area (Å²) in [6.07, 6.45) is 0.224. The predicted molar refractivity (Wildman–Crippen MR) is 83.9 cm³/mol. The molecule has 1 unspecified atom stereocenters. The molecule has 1 aromatic rings. The quantitative estimate of drug-likeness (QED) is 0.874. The Morgan fingerprint density at radius 2 is 2.19 bits per heavy atom. The summed E-state index contributed by atoms with van der Waals surface area (Å²) in [7, 11) is 0. The zero-order valence-corrected chi connectivity index (χ0v) is 13.5. The van der Waals surface area contributed by atoms with Crippen LogP contribution >= 0.6 is 15.9 Å². The number of hydrogen-bond donors (Lipinski definition) is 1. The van der Waals surface area contributed by atoms with Crippen LogP contribution in [0, 0.1) is 5.92 Å². The van der Waals surface area contributed by atoms with Crippen LogP contribution in [0.15, 0.2) is 28.7 Å². The van der Waals surface area contributed by atoms with Gasteiger partial charge in [0.25, 0.3) is 0 Å². The lowest BCUT2D eigenvalue weighted by Crippen LogP contribution is -2.39. The summed E-state index contributed by atoms with van der Waals surface area (Å²) in [6.45, 7) is 3.06. The smallest absolute Gasteiger partial charge is 0.228 e. The van der Waals surface area contributed by atoms with E-state index >= 15 is 0 Å². The van der Waals surface area contributed by atoms with Gasteiger partial charge in [0.2, 0.25) is 11.8 Å². The number of nitrogens with zero attached hydrogens (tertiary/aromatic N) is 2. The molecule has 1 atom stereocenters. The van der Waals surface area contributed by atoms with E-state index in [0.717, 1.165) is 10.2 Å². The maximum atomic E-state index is 12.4. The molecular weight excluding hydrogens is 336 g/mol. The van der Waals surface area contributed by atoms with Crippen molar-refractivity contribution < 1.29 is 14.7 Å². The lowest BCUT2D eigenvalue weighted by atomic mass is 10.1. The van der Waals surface area contributed by atoms with Gasteiger partial charge in [-0.15, -0.1) is 0 Å². The average molecular weight is 355 g/mol. The molecule has 0 spiro atoms. The lowest BCUT2D eigenvalue weighted by molar-refractivity contribution is -0.136. The highest BCUT2D eigenvalue weighted by atomic mass is 79.9. The number of aliphatic hydroxyl groups is 1. The van der Waals surface area contributed by atoms with Crippen LogP contribution in [0.2, 0.25) is 0 Å². The zero-order chi connectivity index (χ0) is 15.4. The Morgan fingerprint density at radius 1 is 1.48 bits per heavy atom. The maximum absolute atomic E-state index is 12.4. The van der Waals surface area contributed by atoms with Gasteiger partial charge < -0.3 is 14.9 Å². The molecule has 21 heavy (non-hydrogen) atoms. The summed E-state index contributed by atoms with van der Waals surface area (Å²) in [6, 6.07) is 7.49. The second-order valence-corrected chi connectivity index (χ2v) is 5.85. The van der Waals surface area contributed by atoms with E-state index in [0.29, 0.717) is 19.6 Å². The first-order valence-corrected chi connectivity index (χ1v) is 7.82. The molecule has 1 fully saturated rings. The summed E-state index contributed by atoms with van der Waals surface area (Å²) in [5, 5.41) is 9.00. The molecular formula is C15H19BrN2O3. The summed E-state index contributed by atoms with van der Waals surface area (Å²) < 4.78 is 0.842. The largest absolute Gasteiger partial charge is 0.395 e. The number of benzene rings is 1. The van der Waals surface area contributed by atoms with Gasteiger partial charge in [-0.05, 0) is 35.0 Å². The highest BCUT2D eigenvalue weighted by molar-refractivity contribution is 9.10. The van der Waals surface area contributed by atoms with Crippen molar-refractivity contribution >= 4 is 33.4 Å². The second kappa shape index (κ2) is 7.04. The SMILES string of the molecule is CCN(CCO)C(=O)C1CC(=O)N(c2ccccc2Br)C1. The van der Waals surface area contributed by atoms with Crippen molar-refractivity contribution in [3.63, 3.8) is 0 Å². The standard InChI is InChI=1S/C15H19BrN2O3/c1-2-17(7-8-19)15(21)11-9-14(20)18(10-11)13-6-4-3-5-12(13)16/h3-6,11,19H,2,7-10H2,1H3. The average Bonchev–Trinajstić information content (AvgIpc) is 2.86. The van der Waals surface area contributed by atoms with Crippen LogP contribution in [0.25, 0.3) is 0 Å². The van der Waals surface area contributed by atoms with E-state index in [1.807, 2.05) is 31.2 Å². The van der Waals surface area contributed by atoms with Crippen LogP contribution in [0.1, 0.15) is 13.3 Å². The third-order valence-electron chi connectivity index (χ3n) is 3.68. The molecule has 6 heteroatoms. The summed E-state index contributed by atoms with van der Waals surface area (Å²) in [4.78, 5) is 27.8. The summed E-state index contributed by atoms with van der Waals surface area (Å²) in [5.74, 6) is -0.439. The third kappa shape index (κ3) is 3.44. The van der Waals surface area contributed by atoms with E-state index < -0.39 is 0 Å². The number of hydrogen-bond acceptors (Lipinski definition) is 3.